The Morgan fingerprint density at radius 2 is 1.52 bits per heavy atom. The van der Waals surface area contributed by atoms with Gasteiger partial charge < -0.3 is 9.30 Å². The average Bonchev–Trinajstić information content (AvgIpc) is 3.23. The standard InChI is InChI=1S/C16H15NO.5CO.Cr/c1-3-4-11-17-12-10-15-8-5-7-14(16(15)17)9-6-13-18-2;5*1-2;/h3-5,7-8,10,12H,11H2,1-2H3;;;;;;/b4-3+;;;;;;. The molecule has 0 fully saturated rings. The SMILES string of the molecule is C/C=C/Cn1ccc2cccc(C#C[C]OC)c21.[C-]#[O+].[C-]#[O+].[C-]#[O+].[C-]#[O+].[C-]#[O+].[Cr]. The van der Waals surface area contributed by atoms with E-state index in [1.807, 2.05) is 25.1 Å². The van der Waals surface area contributed by atoms with Crippen LogP contribution in [0, 0.1) is 51.7 Å². The van der Waals surface area contributed by atoms with Crippen molar-refractivity contribution < 1.29 is 45.4 Å². The molecule has 2 rings (SSSR count). The van der Waals surface area contributed by atoms with Crippen LogP contribution in [0.1, 0.15) is 12.5 Å². The first-order valence-electron chi connectivity index (χ1n) is 6.87. The number of rotatable bonds is 3. The second-order valence-electron chi connectivity index (χ2n) is 3.84. The third-order valence-corrected chi connectivity index (χ3v) is 2.68. The summed E-state index contributed by atoms with van der Waals surface area (Å²) in [5.74, 6) is 5.82. The third-order valence-electron chi connectivity index (χ3n) is 2.68. The molecule has 0 amide bonds. The van der Waals surface area contributed by atoms with Crippen molar-refractivity contribution in [3.05, 3.63) is 88.0 Å². The van der Waals surface area contributed by atoms with Crippen molar-refractivity contribution in [1.82, 2.24) is 4.57 Å². The van der Waals surface area contributed by atoms with Crippen LogP contribution in [0.2, 0.25) is 0 Å². The fraction of sp³-hybridized carbons (Fsp3) is 0.143. The topological polar surface area (TPSA) is 114 Å². The van der Waals surface area contributed by atoms with Gasteiger partial charge in [-0.3, -0.25) is 0 Å². The molecule has 0 saturated carbocycles. The van der Waals surface area contributed by atoms with Gasteiger partial charge in [-0.05, 0) is 19.1 Å². The predicted molar refractivity (Wildman–Crippen MR) is 93.5 cm³/mol. The summed E-state index contributed by atoms with van der Waals surface area (Å²) in [6, 6.07) is 8.22. The molecular weight excluding hydrogens is 414 g/mol. The molecule has 1 heterocycles. The Kier molecular flexibility index (Phi) is 42.0. The number of ether oxygens (including phenoxy) is 1. The number of benzene rings is 1. The van der Waals surface area contributed by atoms with Crippen molar-refractivity contribution in [2.45, 2.75) is 13.5 Å². The summed E-state index contributed by atoms with van der Waals surface area (Å²) < 4.78 is 44.4. The van der Waals surface area contributed by atoms with Crippen molar-refractivity contribution >= 4 is 10.9 Å². The Bertz CT molecular complexity index is 797. The molecule has 1 aromatic heterocycles. The number of hydrogen-bond acceptors (Lipinski definition) is 1. The van der Waals surface area contributed by atoms with Gasteiger partial charge in [-0.2, -0.15) is 0 Å². The molecule has 0 N–H and O–H groups in total. The molecule has 0 saturated heterocycles. The Balaban J connectivity index is -0.000000153. The molecule has 146 valence electrons. The van der Waals surface area contributed by atoms with Crippen LogP contribution in [0.25, 0.3) is 10.9 Å². The maximum atomic E-state index is 7.50. The molecule has 0 unspecified atom stereocenters. The second-order valence-corrected chi connectivity index (χ2v) is 3.84. The monoisotopic (exact) mass is 429 g/mol. The van der Waals surface area contributed by atoms with Crippen LogP contribution in [0.15, 0.2) is 42.6 Å². The molecule has 0 spiro atoms. The zero-order valence-electron chi connectivity index (χ0n) is 15.6. The van der Waals surface area contributed by atoms with E-state index in [2.05, 4.69) is 80.7 Å². The van der Waals surface area contributed by atoms with Crippen molar-refractivity contribution in [2.24, 2.45) is 0 Å². The van der Waals surface area contributed by atoms with E-state index in [9.17, 15) is 0 Å². The minimum atomic E-state index is 0. The molecular formula is C21H15CrNO6. The van der Waals surface area contributed by atoms with Gasteiger partial charge >= 0.3 is 56.5 Å². The Labute approximate surface area is 181 Å². The zero-order chi connectivity index (χ0) is 22.8. The summed E-state index contributed by atoms with van der Waals surface area (Å²) in [5.41, 5.74) is 2.15. The molecule has 2 aromatic rings. The van der Waals surface area contributed by atoms with E-state index in [-0.39, 0.29) is 17.4 Å². The summed E-state index contributed by atoms with van der Waals surface area (Å²) in [6.07, 6.45) is 6.25. The molecule has 0 bridgehead atoms. The van der Waals surface area contributed by atoms with Crippen LogP contribution in [-0.4, -0.2) is 11.7 Å². The summed E-state index contributed by atoms with van der Waals surface area (Å²) in [6.45, 7) is 27.9. The van der Waals surface area contributed by atoms with Crippen LogP contribution in [0.5, 0.6) is 0 Å². The van der Waals surface area contributed by atoms with Gasteiger partial charge in [0, 0.05) is 48.2 Å². The van der Waals surface area contributed by atoms with Crippen LogP contribution in [-0.2, 0) is 51.9 Å². The van der Waals surface area contributed by atoms with Gasteiger partial charge in [-0.1, -0.05) is 36.1 Å². The average molecular weight is 429 g/mol. The maximum Gasteiger partial charge on any atom is 0 e. The molecule has 0 aliphatic heterocycles. The van der Waals surface area contributed by atoms with Crippen molar-refractivity contribution in [3.63, 3.8) is 0 Å². The van der Waals surface area contributed by atoms with Crippen molar-refractivity contribution in [2.75, 3.05) is 7.11 Å². The molecule has 1 aromatic carbocycles. The number of para-hydroxylation sites is 1. The normalized spacial score (nSPS) is 7.03. The Hall–Kier alpha value is -2.75. The van der Waals surface area contributed by atoms with Crippen LogP contribution < -0.4 is 0 Å². The minimum Gasteiger partial charge on any atom is 0 e. The summed E-state index contributed by atoms with van der Waals surface area (Å²) in [5, 5.41) is 1.20. The van der Waals surface area contributed by atoms with Crippen LogP contribution in [0.3, 0.4) is 0 Å². The van der Waals surface area contributed by atoms with E-state index in [0.717, 1.165) is 17.6 Å². The van der Waals surface area contributed by atoms with Gasteiger partial charge in [-0.15, -0.1) is 0 Å². The number of fused-ring (bicyclic) bond motifs is 1. The van der Waals surface area contributed by atoms with Gasteiger partial charge in [0.25, 0.3) is 0 Å². The fourth-order valence-corrected chi connectivity index (χ4v) is 1.88. The van der Waals surface area contributed by atoms with E-state index in [1.165, 1.54) is 5.39 Å². The first-order valence-corrected chi connectivity index (χ1v) is 6.87. The molecule has 8 heteroatoms. The van der Waals surface area contributed by atoms with E-state index in [1.54, 1.807) is 7.11 Å². The summed E-state index contributed by atoms with van der Waals surface area (Å²) in [7, 11) is 1.55. The smallest absolute Gasteiger partial charge is 0 e. The first kappa shape index (κ1) is 37.1. The zero-order valence-corrected chi connectivity index (χ0v) is 16.8. The van der Waals surface area contributed by atoms with E-state index >= 15 is 0 Å². The van der Waals surface area contributed by atoms with Crippen molar-refractivity contribution in [3.8, 4) is 11.8 Å². The number of allylic oxidation sites excluding steroid dienone is 2. The van der Waals surface area contributed by atoms with Gasteiger partial charge in [0.05, 0.1) is 5.52 Å². The molecule has 0 aliphatic carbocycles. The number of hydrogen-bond donors (Lipinski definition) is 0. The van der Waals surface area contributed by atoms with E-state index in [0.29, 0.717) is 0 Å². The maximum absolute atomic E-state index is 7.50. The third kappa shape index (κ3) is 16.0. The van der Waals surface area contributed by atoms with Gasteiger partial charge in [-0.25, -0.2) is 0 Å². The number of nitrogens with zero attached hydrogens (tertiary/aromatic N) is 1. The molecule has 0 atom stereocenters. The van der Waals surface area contributed by atoms with Crippen LogP contribution >= 0.6 is 0 Å². The van der Waals surface area contributed by atoms with Crippen LogP contribution in [0.4, 0.5) is 0 Å². The van der Waals surface area contributed by atoms with Gasteiger partial charge in [0.2, 0.25) is 6.61 Å². The molecule has 2 radical (unpaired) electrons. The van der Waals surface area contributed by atoms with E-state index < -0.39 is 0 Å². The summed E-state index contributed by atoms with van der Waals surface area (Å²) in [4.78, 5) is 0. The Morgan fingerprint density at radius 3 is 2.00 bits per heavy atom. The summed E-state index contributed by atoms with van der Waals surface area (Å²) >= 11 is 0. The molecule has 0 aliphatic rings. The number of aromatic nitrogens is 1. The Morgan fingerprint density at radius 1 is 0.966 bits per heavy atom. The minimum absolute atomic E-state index is 0. The largest absolute Gasteiger partial charge is 0 e. The molecule has 7 nitrogen and oxygen atoms in total. The van der Waals surface area contributed by atoms with Gasteiger partial charge in [0.1, 0.15) is 0 Å². The van der Waals surface area contributed by atoms with E-state index in [4.69, 9.17) is 28.0 Å². The van der Waals surface area contributed by atoms with Crippen molar-refractivity contribution in [1.29, 1.82) is 0 Å². The number of methoxy groups -OCH3 is 1. The first-order chi connectivity index (χ1) is 13.9. The van der Waals surface area contributed by atoms with Gasteiger partial charge in [0.15, 0.2) is 0 Å². The second kappa shape index (κ2) is 32.9. The predicted octanol–water partition coefficient (Wildman–Crippen LogP) is 3.06. The quantitative estimate of drug-likeness (QED) is 0.317. The fourth-order valence-electron chi connectivity index (χ4n) is 1.88. The molecule has 29 heavy (non-hydrogen) atoms.